The van der Waals surface area contributed by atoms with Crippen molar-refractivity contribution in [1.82, 2.24) is 5.43 Å². The van der Waals surface area contributed by atoms with Crippen LogP contribution < -0.4 is 5.43 Å². The number of nitrogens with zero attached hydrogens (tertiary/aromatic N) is 1. The van der Waals surface area contributed by atoms with Crippen LogP contribution in [0.3, 0.4) is 0 Å². The molecule has 62 valence electrons. The minimum atomic E-state index is -0.171. The molecule has 0 fully saturated rings. The van der Waals surface area contributed by atoms with E-state index in [1.54, 1.807) is 7.05 Å². The van der Waals surface area contributed by atoms with Crippen molar-refractivity contribution in [3.05, 3.63) is 0 Å². The van der Waals surface area contributed by atoms with Gasteiger partial charge >= 0.3 is 0 Å². The van der Waals surface area contributed by atoms with Gasteiger partial charge in [0.2, 0.25) is 0 Å². The Balaban J connectivity index is 4.10. The van der Waals surface area contributed by atoms with Gasteiger partial charge in [-0.25, -0.2) is 0 Å². The van der Waals surface area contributed by atoms with Crippen LogP contribution in [0.15, 0.2) is 0 Å². The van der Waals surface area contributed by atoms with Crippen molar-refractivity contribution in [2.45, 2.75) is 33.2 Å². The zero-order valence-corrected chi connectivity index (χ0v) is 7.60. The number of hydrogen-bond donors (Lipinski definition) is 2. The fourth-order valence-corrected chi connectivity index (χ4v) is 0.545. The summed E-state index contributed by atoms with van der Waals surface area (Å²) in [5, 5.41) is 9.68. The van der Waals surface area contributed by atoms with Gasteiger partial charge in [-0.3, -0.25) is 0 Å². The molecule has 1 unspecified atom stereocenters. The maximum atomic E-state index is 9.68. The number of hydroxylamine groups is 2. The molecule has 0 aliphatic rings. The van der Waals surface area contributed by atoms with Gasteiger partial charge in [0, 0.05) is 6.54 Å². The molecule has 0 saturated heterocycles. The Morgan fingerprint density at radius 1 is 1.40 bits per heavy atom. The van der Waals surface area contributed by atoms with Crippen LogP contribution in [0.5, 0.6) is 0 Å². The molecule has 0 radical (unpaired) electrons. The molecule has 0 aromatic carbocycles. The normalized spacial score (nSPS) is 18.6. The Morgan fingerprint density at radius 3 is 1.90 bits per heavy atom. The van der Waals surface area contributed by atoms with E-state index in [-0.39, 0.29) is 10.3 Å². The molecule has 0 aliphatic heterocycles. The van der Waals surface area contributed by atoms with E-state index in [2.05, 4.69) is 5.43 Å². The van der Waals surface area contributed by atoms with E-state index in [4.69, 9.17) is 0 Å². The Kier molecular flexibility index (Phi) is 2.83. The maximum absolute atomic E-state index is 9.68. The lowest BCUT2D eigenvalue weighted by molar-refractivity contribution is -1.15. The van der Waals surface area contributed by atoms with Gasteiger partial charge in [0.15, 0.2) is 0 Å². The van der Waals surface area contributed by atoms with Gasteiger partial charge in [0.05, 0.1) is 0 Å². The SMILES string of the molecule is CCN[N+](C)(O)C(C)(C)C. The van der Waals surface area contributed by atoms with Crippen LogP contribution in [-0.4, -0.2) is 29.1 Å². The smallest absolute Gasteiger partial charge is 0.139 e. The van der Waals surface area contributed by atoms with Crippen molar-refractivity contribution in [2.75, 3.05) is 13.6 Å². The molecule has 0 rings (SSSR count). The molecule has 0 aromatic heterocycles. The molecule has 0 aliphatic carbocycles. The van der Waals surface area contributed by atoms with Gasteiger partial charge in [-0.15, -0.1) is 10.2 Å². The summed E-state index contributed by atoms with van der Waals surface area (Å²) in [5.41, 5.74) is 2.78. The average Bonchev–Trinajstić information content (AvgIpc) is 1.61. The number of rotatable bonds is 2. The Labute approximate surface area is 63.2 Å². The van der Waals surface area contributed by atoms with Crippen molar-refractivity contribution in [3.8, 4) is 0 Å². The molecule has 1 atom stereocenters. The van der Waals surface area contributed by atoms with E-state index in [9.17, 15) is 5.21 Å². The highest BCUT2D eigenvalue weighted by Crippen LogP contribution is 2.14. The minimum absolute atomic E-state index is 0.135. The second-order valence-electron chi connectivity index (χ2n) is 3.64. The first-order valence-corrected chi connectivity index (χ1v) is 3.66. The lowest BCUT2D eigenvalue weighted by Crippen LogP contribution is -2.62. The van der Waals surface area contributed by atoms with Gasteiger partial charge in [-0.1, -0.05) is 0 Å². The molecular weight excluding hydrogens is 128 g/mol. The zero-order chi connectivity index (χ0) is 8.41. The molecule has 0 amide bonds. The molecule has 2 N–H and O–H groups in total. The van der Waals surface area contributed by atoms with Gasteiger partial charge < -0.3 is 0 Å². The lowest BCUT2D eigenvalue weighted by atomic mass is 10.1. The van der Waals surface area contributed by atoms with Gasteiger partial charge in [0.25, 0.3) is 0 Å². The van der Waals surface area contributed by atoms with Gasteiger partial charge in [-0.05, 0) is 27.7 Å². The van der Waals surface area contributed by atoms with E-state index >= 15 is 0 Å². The van der Waals surface area contributed by atoms with Gasteiger partial charge in [-0.2, -0.15) is 5.21 Å². The molecular formula is C7H19N2O+. The largest absolute Gasteiger partial charge is 0.196 e. The first kappa shape index (κ1) is 9.88. The molecule has 3 heteroatoms. The number of nitrogens with one attached hydrogen (secondary N) is 1. The fraction of sp³-hybridized carbons (Fsp3) is 1.00. The maximum Gasteiger partial charge on any atom is 0.139 e. The third-order valence-electron chi connectivity index (χ3n) is 1.77. The topological polar surface area (TPSA) is 32.3 Å². The second kappa shape index (κ2) is 2.86. The van der Waals surface area contributed by atoms with E-state index < -0.39 is 0 Å². The Hall–Kier alpha value is -0.120. The van der Waals surface area contributed by atoms with Crippen molar-refractivity contribution >= 4 is 0 Å². The summed E-state index contributed by atoms with van der Waals surface area (Å²) in [6, 6.07) is 0. The summed E-state index contributed by atoms with van der Waals surface area (Å²) < 4.78 is -0.135. The minimum Gasteiger partial charge on any atom is -0.196 e. The zero-order valence-electron chi connectivity index (χ0n) is 7.60. The van der Waals surface area contributed by atoms with Crippen molar-refractivity contribution in [1.29, 1.82) is 0 Å². The Morgan fingerprint density at radius 2 is 1.80 bits per heavy atom. The van der Waals surface area contributed by atoms with E-state index in [0.717, 1.165) is 6.54 Å². The number of hydrogen-bond acceptors (Lipinski definition) is 2. The highest BCUT2D eigenvalue weighted by Gasteiger charge is 2.34. The Bertz CT molecular complexity index is 105. The summed E-state index contributed by atoms with van der Waals surface area (Å²) in [6.07, 6.45) is 0. The van der Waals surface area contributed by atoms with E-state index in [0.29, 0.717) is 0 Å². The lowest BCUT2D eigenvalue weighted by Gasteiger charge is -2.36. The van der Waals surface area contributed by atoms with Crippen molar-refractivity contribution in [3.63, 3.8) is 0 Å². The summed E-state index contributed by atoms with van der Waals surface area (Å²) >= 11 is 0. The van der Waals surface area contributed by atoms with E-state index in [1.807, 2.05) is 27.7 Å². The molecule has 0 spiro atoms. The monoisotopic (exact) mass is 147 g/mol. The third-order valence-corrected chi connectivity index (χ3v) is 1.77. The molecule has 0 aromatic rings. The summed E-state index contributed by atoms with van der Waals surface area (Å²) in [6.45, 7) is 8.68. The summed E-state index contributed by atoms with van der Waals surface area (Å²) in [4.78, 5) is 0. The quantitative estimate of drug-likeness (QED) is 0.453. The summed E-state index contributed by atoms with van der Waals surface area (Å²) in [7, 11) is 1.74. The average molecular weight is 147 g/mol. The first-order chi connectivity index (χ1) is 4.31. The third kappa shape index (κ3) is 2.25. The van der Waals surface area contributed by atoms with Crippen LogP contribution in [0.2, 0.25) is 0 Å². The standard InChI is InChI=1S/C7H19N2O/c1-6-8-9(5,10)7(2,3)4/h8,10H,6H2,1-5H3/q+1. The van der Waals surface area contributed by atoms with Crippen LogP contribution in [-0.2, 0) is 0 Å². The van der Waals surface area contributed by atoms with Crippen LogP contribution in [0.1, 0.15) is 27.7 Å². The number of quaternary nitrogens is 1. The first-order valence-electron chi connectivity index (χ1n) is 3.66. The molecule has 0 saturated carbocycles. The van der Waals surface area contributed by atoms with Crippen LogP contribution >= 0.6 is 0 Å². The van der Waals surface area contributed by atoms with Crippen LogP contribution in [0, 0.1) is 0 Å². The highest BCUT2D eigenvalue weighted by atomic mass is 16.6. The van der Waals surface area contributed by atoms with E-state index in [1.165, 1.54) is 0 Å². The van der Waals surface area contributed by atoms with Crippen LogP contribution in [0.4, 0.5) is 0 Å². The fourth-order valence-electron chi connectivity index (χ4n) is 0.545. The van der Waals surface area contributed by atoms with Crippen LogP contribution in [0.25, 0.3) is 0 Å². The van der Waals surface area contributed by atoms with Crippen molar-refractivity contribution < 1.29 is 9.96 Å². The van der Waals surface area contributed by atoms with Crippen molar-refractivity contribution in [2.24, 2.45) is 0 Å². The molecule has 0 bridgehead atoms. The predicted molar refractivity (Wildman–Crippen MR) is 41.4 cm³/mol. The highest BCUT2D eigenvalue weighted by molar-refractivity contribution is 4.55. The van der Waals surface area contributed by atoms with Gasteiger partial charge in [0.1, 0.15) is 12.6 Å². The predicted octanol–water partition coefficient (Wildman–Crippen LogP) is 1.15. The molecule has 10 heavy (non-hydrogen) atoms. The summed E-state index contributed by atoms with van der Waals surface area (Å²) in [5.74, 6) is 0. The molecule has 3 nitrogen and oxygen atoms in total. The molecule has 0 heterocycles. The second-order valence-corrected chi connectivity index (χ2v) is 3.64.